The van der Waals surface area contributed by atoms with Crippen LogP contribution >= 0.6 is 0 Å². The number of carbonyl (C=O) groups is 4. The number of nitrogens with one attached hydrogen (secondary N) is 2. The van der Waals surface area contributed by atoms with Crippen molar-refractivity contribution >= 4 is 34.7 Å². The summed E-state index contributed by atoms with van der Waals surface area (Å²) in [7, 11) is 1.22. The molecule has 1 saturated heterocycles. The van der Waals surface area contributed by atoms with Crippen molar-refractivity contribution in [2.75, 3.05) is 20.2 Å². The van der Waals surface area contributed by atoms with E-state index in [2.05, 4.69) is 20.5 Å². The molecular weight excluding hydrogens is 526 g/mol. The van der Waals surface area contributed by atoms with E-state index in [1.807, 2.05) is 37.3 Å². The zero-order chi connectivity index (χ0) is 28.9. The molecule has 0 unspecified atom stereocenters. The number of fused-ring (bicyclic) bond motifs is 1. The van der Waals surface area contributed by atoms with Crippen LogP contribution in [0.2, 0.25) is 0 Å². The molecule has 0 spiro atoms. The number of esters is 1. The Labute approximate surface area is 236 Å². The van der Waals surface area contributed by atoms with Crippen LogP contribution < -0.4 is 10.6 Å². The van der Waals surface area contributed by atoms with Gasteiger partial charge in [-0.2, -0.15) is 5.10 Å². The Morgan fingerprint density at radius 1 is 1.07 bits per heavy atom. The molecule has 0 aliphatic carbocycles. The van der Waals surface area contributed by atoms with E-state index in [-0.39, 0.29) is 25.4 Å². The first kappa shape index (κ1) is 27.6. The van der Waals surface area contributed by atoms with Gasteiger partial charge >= 0.3 is 5.97 Å². The third-order valence-electron chi connectivity index (χ3n) is 7.15. The zero-order valence-corrected chi connectivity index (χ0v) is 22.8. The maximum Gasteiger partial charge on any atom is 0.325 e. The first-order chi connectivity index (χ1) is 19.9. The molecule has 0 radical (unpaired) electrons. The summed E-state index contributed by atoms with van der Waals surface area (Å²) < 4.78 is 11.8. The van der Waals surface area contributed by atoms with Gasteiger partial charge in [0.05, 0.1) is 24.9 Å². The topological polar surface area (TPSA) is 136 Å². The smallest absolute Gasteiger partial charge is 0.325 e. The Balaban J connectivity index is 1.37. The summed E-state index contributed by atoms with van der Waals surface area (Å²) in [6.07, 6.45) is 2.19. The van der Waals surface area contributed by atoms with Crippen molar-refractivity contribution in [1.82, 2.24) is 25.3 Å². The van der Waals surface area contributed by atoms with E-state index in [4.69, 9.17) is 4.42 Å². The lowest BCUT2D eigenvalue weighted by Gasteiger charge is -2.23. The third kappa shape index (κ3) is 5.98. The van der Waals surface area contributed by atoms with Crippen molar-refractivity contribution in [1.29, 1.82) is 0 Å². The van der Waals surface area contributed by atoms with Gasteiger partial charge in [0.15, 0.2) is 0 Å². The summed E-state index contributed by atoms with van der Waals surface area (Å²) >= 11 is 0. The summed E-state index contributed by atoms with van der Waals surface area (Å²) in [6, 6.07) is 17.1. The summed E-state index contributed by atoms with van der Waals surface area (Å²) in [4.78, 5) is 53.4. The molecule has 2 atom stereocenters. The zero-order valence-electron chi connectivity index (χ0n) is 22.8. The lowest BCUT2D eigenvalue weighted by Crippen LogP contribution is -2.47. The first-order valence-corrected chi connectivity index (χ1v) is 13.4. The van der Waals surface area contributed by atoms with Crippen LogP contribution in [0.25, 0.3) is 11.0 Å². The Kier molecular flexibility index (Phi) is 8.14. The minimum absolute atomic E-state index is 0.0911. The SMILES string of the molecule is CCc1cc(C(=O)N[C@@H]2C[C@@H](C(=O)NCC(=O)OC)N(C(=O)c3coc4ccccc34)C2)n(Cc2ccccc2)n1. The number of hydrogen-bond acceptors (Lipinski definition) is 7. The van der Waals surface area contributed by atoms with Gasteiger partial charge in [0, 0.05) is 18.0 Å². The predicted molar refractivity (Wildman–Crippen MR) is 149 cm³/mol. The van der Waals surface area contributed by atoms with Crippen molar-refractivity contribution in [2.24, 2.45) is 0 Å². The van der Waals surface area contributed by atoms with E-state index in [9.17, 15) is 19.2 Å². The maximum atomic E-state index is 13.7. The summed E-state index contributed by atoms with van der Waals surface area (Å²) in [5, 5.41) is 10.7. The van der Waals surface area contributed by atoms with Crippen LogP contribution in [0.3, 0.4) is 0 Å². The third-order valence-corrected chi connectivity index (χ3v) is 7.15. The number of likely N-dealkylation sites (tertiary alicyclic amines) is 1. The van der Waals surface area contributed by atoms with Gasteiger partial charge in [-0.05, 0) is 30.5 Å². The molecule has 3 heterocycles. The van der Waals surface area contributed by atoms with Gasteiger partial charge in [-0.25, -0.2) is 0 Å². The number of methoxy groups -OCH3 is 1. The van der Waals surface area contributed by atoms with Crippen LogP contribution in [-0.4, -0.2) is 70.7 Å². The molecule has 2 N–H and O–H groups in total. The summed E-state index contributed by atoms with van der Waals surface area (Å²) in [5.41, 5.74) is 3.03. The summed E-state index contributed by atoms with van der Waals surface area (Å²) in [5.74, 6) is -1.89. The molecular formula is C30H31N5O6. The molecule has 1 aliphatic heterocycles. The van der Waals surface area contributed by atoms with Gasteiger partial charge in [0.2, 0.25) is 5.91 Å². The van der Waals surface area contributed by atoms with E-state index in [0.717, 1.165) is 11.3 Å². The molecule has 0 saturated carbocycles. The average Bonchev–Trinajstić information content (AvgIpc) is 3.73. The lowest BCUT2D eigenvalue weighted by atomic mass is 10.1. The number of aryl methyl sites for hydroxylation is 1. The molecule has 3 amide bonds. The van der Waals surface area contributed by atoms with Crippen LogP contribution in [0.5, 0.6) is 0 Å². The highest BCUT2D eigenvalue weighted by Gasteiger charge is 2.41. The minimum atomic E-state index is -0.924. The average molecular weight is 558 g/mol. The number of carbonyl (C=O) groups excluding carboxylic acids is 4. The van der Waals surface area contributed by atoms with Crippen molar-refractivity contribution in [2.45, 2.75) is 38.4 Å². The van der Waals surface area contributed by atoms with E-state index in [0.29, 0.717) is 35.2 Å². The number of hydrogen-bond donors (Lipinski definition) is 2. The number of rotatable bonds is 9. The monoisotopic (exact) mass is 557 g/mol. The Hall–Kier alpha value is -4.93. The van der Waals surface area contributed by atoms with Gasteiger partial charge in [-0.15, -0.1) is 0 Å². The summed E-state index contributed by atoms with van der Waals surface area (Å²) in [6.45, 7) is 2.14. The van der Waals surface area contributed by atoms with Crippen molar-refractivity contribution in [3.63, 3.8) is 0 Å². The van der Waals surface area contributed by atoms with Crippen molar-refractivity contribution in [3.05, 3.63) is 89.4 Å². The molecule has 212 valence electrons. The van der Waals surface area contributed by atoms with Gasteiger partial charge in [-0.3, -0.25) is 23.9 Å². The molecule has 11 heteroatoms. The highest BCUT2D eigenvalue weighted by atomic mass is 16.5. The molecule has 1 fully saturated rings. The molecule has 41 heavy (non-hydrogen) atoms. The molecule has 4 aromatic rings. The Morgan fingerprint density at radius 2 is 1.83 bits per heavy atom. The van der Waals surface area contributed by atoms with Gasteiger partial charge < -0.3 is 24.7 Å². The predicted octanol–water partition coefficient (Wildman–Crippen LogP) is 2.54. The van der Waals surface area contributed by atoms with E-state index >= 15 is 0 Å². The largest absolute Gasteiger partial charge is 0.468 e. The molecule has 11 nitrogen and oxygen atoms in total. The molecule has 2 aromatic heterocycles. The Morgan fingerprint density at radius 3 is 2.59 bits per heavy atom. The highest BCUT2D eigenvalue weighted by molar-refractivity contribution is 6.07. The second kappa shape index (κ2) is 12.1. The van der Waals surface area contributed by atoms with Crippen LogP contribution in [0.4, 0.5) is 0 Å². The van der Waals surface area contributed by atoms with Crippen molar-refractivity contribution in [3.8, 4) is 0 Å². The van der Waals surface area contributed by atoms with E-state index in [1.165, 1.54) is 18.3 Å². The van der Waals surface area contributed by atoms with Gasteiger partial charge in [0.1, 0.15) is 30.1 Å². The standard InChI is InChI=1S/C30H31N5O6/c1-3-20-13-25(35(33-20)16-19-9-5-4-6-10-19)29(38)32-21-14-24(28(37)31-15-27(36)40-2)34(17-21)30(39)23-18-41-26-12-8-7-11-22(23)26/h4-13,18,21,24H,3,14-17H2,1-2H3,(H,31,37)(H,32,38)/t21-,24+/m1/s1. The normalized spacial score (nSPS) is 16.5. The minimum Gasteiger partial charge on any atom is -0.468 e. The van der Waals surface area contributed by atoms with Gasteiger partial charge in [0.25, 0.3) is 11.8 Å². The lowest BCUT2D eigenvalue weighted by molar-refractivity contribution is -0.141. The molecule has 2 aromatic carbocycles. The van der Waals surface area contributed by atoms with E-state index in [1.54, 1.807) is 35.0 Å². The molecule has 5 rings (SSSR count). The number of amides is 3. The second-order valence-electron chi connectivity index (χ2n) is 9.84. The van der Waals surface area contributed by atoms with Crippen LogP contribution in [0, 0.1) is 0 Å². The van der Waals surface area contributed by atoms with Crippen LogP contribution in [-0.2, 0) is 27.3 Å². The Bertz CT molecular complexity index is 1580. The maximum absolute atomic E-state index is 13.7. The number of aromatic nitrogens is 2. The number of nitrogens with zero attached hydrogens (tertiary/aromatic N) is 3. The highest BCUT2D eigenvalue weighted by Crippen LogP contribution is 2.27. The fourth-order valence-corrected chi connectivity index (χ4v) is 5.02. The van der Waals surface area contributed by atoms with Gasteiger partial charge in [-0.1, -0.05) is 55.5 Å². The first-order valence-electron chi connectivity index (χ1n) is 13.4. The fraction of sp³-hybridized carbons (Fsp3) is 0.300. The number of furan rings is 1. The molecule has 0 bridgehead atoms. The van der Waals surface area contributed by atoms with Crippen LogP contribution in [0.1, 0.15) is 45.4 Å². The number of benzene rings is 2. The van der Waals surface area contributed by atoms with Crippen LogP contribution in [0.15, 0.2) is 71.3 Å². The quantitative estimate of drug-likeness (QED) is 0.302. The molecule has 1 aliphatic rings. The number of para-hydroxylation sites is 1. The van der Waals surface area contributed by atoms with E-state index < -0.39 is 29.9 Å². The van der Waals surface area contributed by atoms with Crippen molar-refractivity contribution < 1.29 is 28.3 Å². The second-order valence-corrected chi connectivity index (χ2v) is 9.84. The number of ether oxygens (including phenoxy) is 1. The fourth-order valence-electron chi connectivity index (χ4n) is 5.02.